The smallest absolute Gasteiger partial charge is 0.166 e. The fourth-order valence-electron chi connectivity index (χ4n) is 4.55. The molecule has 3 aromatic carbocycles. The zero-order valence-corrected chi connectivity index (χ0v) is 20.9. The van der Waals surface area contributed by atoms with E-state index in [-0.39, 0.29) is 23.6 Å². The van der Waals surface area contributed by atoms with Gasteiger partial charge in [-0.3, -0.25) is 0 Å². The minimum Gasteiger partial charge on any atom is -0.352 e. The molecule has 0 N–H and O–H groups in total. The summed E-state index contributed by atoms with van der Waals surface area (Å²) in [6, 6.07) is 15.5. The van der Waals surface area contributed by atoms with Crippen LogP contribution in [0.2, 0.25) is 0 Å². The van der Waals surface area contributed by atoms with E-state index < -0.39 is 11.6 Å². The fourth-order valence-corrected chi connectivity index (χ4v) is 4.55. The third-order valence-electron chi connectivity index (χ3n) is 6.71. The van der Waals surface area contributed by atoms with Crippen molar-refractivity contribution in [1.82, 2.24) is 0 Å². The summed E-state index contributed by atoms with van der Waals surface area (Å²) >= 11 is 0. The molecule has 2 nitrogen and oxygen atoms in total. The molecule has 3 aromatic rings. The van der Waals surface area contributed by atoms with Gasteiger partial charge in [-0.15, -0.1) is 0 Å². The zero-order valence-electron chi connectivity index (χ0n) is 20.9. The predicted octanol–water partition coefficient (Wildman–Crippen LogP) is 8.59. The van der Waals surface area contributed by atoms with E-state index in [9.17, 15) is 8.78 Å². The van der Waals surface area contributed by atoms with Crippen molar-refractivity contribution >= 4 is 0 Å². The number of hydrogen-bond donors (Lipinski definition) is 0. The Kier molecular flexibility index (Phi) is 9.00. The molecule has 0 spiro atoms. The van der Waals surface area contributed by atoms with Crippen molar-refractivity contribution in [3.63, 3.8) is 0 Å². The quantitative estimate of drug-likeness (QED) is 0.277. The summed E-state index contributed by atoms with van der Waals surface area (Å²) < 4.78 is 55.9. The van der Waals surface area contributed by atoms with Crippen molar-refractivity contribution in [1.29, 1.82) is 0 Å². The van der Waals surface area contributed by atoms with Gasteiger partial charge in [0.15, 0.2) is 17.9 Å². The molecule has 1 aliphatic heterocycles. The number of ether oxygens (including phenoxy) is 2. The van der Waals surface area contributed by atoms with E-state index in [2.05, 4.69) is 6.92 Å². The standard InChI is InChI=1S/C31H33F3O2/c1-3-5-7-8-23-14-17-27(31(34)30(23)33)22-12-10-21(11-13-22)24-15-16-26(28(32)18-24)25-19-35-29(36-20-25)9-6-4-2/h3,5,10-18,25,29H,4,6-9,19-20H2,1-2H3/b5-3+. The van der Waals surface area contributed by atoms with E-state index in [1.807, 2.05) is 25.1 Å². The van der Waals surface area contributed by atoms with Gasteiger partial charge in [0.05, 0.1) is 13.2 Å². The van der Waals surface area contributed by atoms with Crippen molar-refractivity contribution < 1.29 is 22.6 Å². The Morgan fingerprint density at radius 3 is 2.22 bits per heavy atom. The molecule has 0 unspecified atom stereocenters. The lowest BCUT2D eigenvalue weighted by Gasteiger charge is -2.30. The maximum atomic E-state index is 15.0. The molecule has 0 bridgehead atoms. The van der Waals surface area contributed by atoms with E-state index in [4.69, 9.17) is 9.47 Å². The first-order valence-electron chi connectivity index (χ1n) is 12.7. The van der Waals surface area contributed by atoms with Gasteiger partial charge in [0.2, 0.25) is 0 Å². The first-order chi connectivity index (χ1) is 17.5. The van der Waals surface area contributed by atoms with Gasteiger partial charge >= 0.3 is 0 Å². The van der Waals surface area contributed by atoms with E-state index in [0.29, 0.717) is 48.3 Å². The van der Waals surface area contributed by atoms with E-state index in [0.717, 1.165) is 24.8 Å². The molecule has 0 atom stereocenters. The molecule has 1 aliphatic rings. The highest BCUT2D eigenvalue weighted by atomic mass is 19.2. The van der Waals surface area contributed by atoms with Gasteiger partial charge < -0.3 is 9.47 Å². The Labute approximate surface area is 211 Å². The first kappa shape index (κ1) is 26.2. The Balaban J connectivity index is 1.46. The summed E-state index contributed by atoms with van der Waals surface area (Å²) in [5.74, 6) is -2.09. The van der Waals surface area contributed by atoms with Crippen LogP contribution < -0.4 is 0 Å². The molecule has 0 radical (unpaired) electrons. The summed E-state index contributed by atoms with van der Waals surface area (Å²) in [7, 11) is 0. The fraction of sp³-hybridized carbons (Fsp3) is 0.355. The van der Waals surface area contributed by atoms with Crippen LogP contribution in [0.4, 0.5) is 13.2 Å². The number of aryl methyl sites for hydroxylation is 1. The molecule has 1 heterocycles. The van der Waals surface area contributed by atoms with Crippen LogP contribution in [-0.2, 0) is 15.9 Å². The monoisotopic (exact) mass is 494 g/mol. The normalized spacial score (nSPS) is 18.1. The molecule has 1 saturated heterocycles. The van der Waals surface area contributed by atoms with Crippen molar-refractivity contribution in [3.05, 3.63) is 95.3 Å². The third kappa shape index (κ3) is 6.08. The Morgan fingerprint density at radius 1 is 0.861 bits per heavy atom. The summed E-state index contributed by atoms with van der Waals surface area (Å²) in [6.45, 7) is 4.90. The number of halogens is 3. The molecule has 0 aliphatic carbocycles. The molecule has 0 aromatic heterocycles. The molecule has 0 saturated carbocycles. The lowest BCUT2D eigenvalue weighted by Crippen LogP contribution is -2.31. The van der Waals surface area contributed by atoms with Gasteiger partial charge in [0.1, 0.15) is 5.82 Å². The highest BCUT2D eigenvalue weighted by molar-refractivity contribution is 5.71. The molecule has 4 rings (SSSR count). The molecule has 1 fully saturated rings. The predicted molar refractivity (Wildman–Crippen MR) is 138 cm³/mol. The highest BCUT2D eigenvalue weighted by Gasteiger charge is 2.25. The number of unbranched alkanes of at least 4 members (excludes halogenated alkanes) is 1. The third-order valence-corrected chi connectivity index (χ3v) is 6.71. The molecule has 36 heavy (non-hydrogen) atoms. The summed E-state index contributed by atoms with van der Waals surface area (Å²) in [5, 5.41) is 0. The second-order valence-electron chi connectivity index (χ2n) is 9.26. The van der Waals surface area contributed by atoms with Crippen LogP contribution in [0.15, 0.2) is 66.7 Å². The molecular weight excluding hydrogens is 461 g/mol. The van der Waals surface area contributed by atoms with Crippen LogP contribution in [0.3, 0.4) is 0 Å². The zero-order chi connectivity index (χ0) is 25.5. The Morgan fingerprint density at radius 2 is 1.56 bits per heavy atom. The average Bonchev–Trinajstić information content (AvgIpc) is 2.90. The van der Waals surface area contributed by atoms with E-state index in [1.54, 1.807) is 42.5 Å². The number of benzene rings is 3. The summed E-state index contributed by atoms with van der Waals surface area (Å²) in [5.41, 5.74) is 3.24. The lowest BCUT2D eigenvalue weighted by molar-refractivity contribution is -0.190. The van der Waals surface area contributed by atoms with Crippen LogP contribution in [-0.4, -0.2) is 19.5 Å². The maximum absolute atomic E-state index is 15.0. The Bertz CT molecular complexity index is 1180. The molecule has 190 valence electrons. The molecule has 0 amide bonds. The summed E-state index contributed by atoms with van der Waals surface area (Å²) in [6.07, 6.45) is 7.72. The largest absolute Gasteiger partial charge is 0.352 e. The number of hydrogen-bond acceptors (Lipinski definition) is 2. The van der Waals surface area contributed by atoms with Crippen molar-refractivity contribution in [3.8, 4) is 22.3 Å². The second kappa shape index (κ2) is 12.4. The van der Waals surface area contributed by atoms with Gasteiger partial charge in [-0.05, 0) is 66.5 Å². The van der Waals surface area contributed by atoms with E-state index in [1.165, 1.54) is 6.07 Å². The van der Waals surface area contributed by atoms with Gasteiger partial charge in [-0.2, -0.15) is 0 Å². The highest BCUT2D eigenvalue weighted by Crippen LogP contribution is 2.32. The molecule has 5 heteroatoms. The lowest BCUT2D eigenvalue weighted by atomic mass is 9.94. The molecular formula is C31H33F3O2. The van der Waals surface area contributed by atoms with Crippen molar-refractivity contribution in [2.45, 2.75) is 58.2 Å². The minimum atomic E-state index is -0.843. The van der Waals surface area contributed by atoms with Crippen LogP contribution in [0.25, 0.3) is 22.3 Å². The van der Waals surface area contributed by atoms with E-state index >= 15 is 4.39 Å². The number of rotatable bonds is 9. The SMILES string of the molecule is C/C=C/CCc1ccc(-c2ccc(-c3ccc(C4COC(CCCC)OC4)c(F)c3)cc2)c(F)c1F. The maximum Gasteiger partial charge on any atom is 0.166 e. The van der Waals surface area contributed by atoms with Crippen LogP contribution in [0.1, 0.15) is 56.6 Å². The van der Waals surface area contributed by atoms with Crippen LogP contribution >= 0.6 is 0 Å². The van der Waals surface area contributed by atoms with Gasteiger partial charge in [0.25, 0.3) is 0 Å². The topological polar surface area (TPSA) is 18.5 Å². The van der Waals surface area contributed by atoms with Gasteiger partial charge in [-0.1, -0.05) is 74.0 Å². The first-order valence-corrected chi connectivity index (χ1v) is 12.7. The van der Waals surface area contributed by atoms with Crippen LogP contribution in [0, 0.1) is 17.5 Å². The van der Waals surface area contributed by atoms with Crippen molar-refractivity contribution in [2.24, 2.45) is 0 Å². The second-order valence-corrected chi connectivity index (χ2v) is 9.26. The average molecular weight is 495 g/mol. The van der Waals surface area contributed by atoms with Gasteiger partial charge in [-0.25, -0.2) is 13.2 Å². The van der Waals surface area contributed by atoms with Crippen LogP contribution in [0.5, 0.6) is 0 Å². The Hall–Kier alpha value is -2.89. The minimum absolute atomic E-state index is 0.141. The van der Waals surface area contributed by atoms with Crippen molar-refractivity contribution in [2.75, 3.05) is 13.2 Å². The summed E-state index contributed by atoms with van der Waals surface area (Å²) in [4.78, 5) is 0. The van der Waals surface area contributed by atoms with Gasteiger partial charge in [0, 0.05) is 11.5 Å². The number of allylic oxidation sites excluding steroid dienone is 2.